The van der Waals surface area contributed by atoms with Crippen LogP contribution >= 0.6 is 0 Å². The Kier molecular flexibility index (Phi) is 5.08. The first-order valence-corrected chi connectivity index (χ1v) is 10.6. The molecule has 7 nitrogen and oxygen atoms in total. The molecular formula is C24H26N4O3. The van der Waals surface area contributed by atoms with Crippen LogP contribution in [0.2, 0.25) is 0 Å². The summed E-state index contributed by atoms with van der Waals surface area (Å²) in [7, 11) is 5.23. The fraction of sp³-hybridized carbons (Fsp3) is 0.375. The number of nitrogens with zero attached hydrogens (tertiary/aromatic N) is 4. The molecule has 3 aromatic heterocycles. The number of ether oxygens (including phenoxy) is 2. The van der Waals surface area contributed by atoms with Gasteiger partial charge in [-0.15, -0.1) is 0 Å². The van der Waals surface area contributed by atoms with Gasteiger partial charge in [-0.05, 0) is 43.0 Å². The number of aryl methyl sites for hydroxylation is 1. The van der Waals surface area contributed by atoms with Crippen molar-refractivity contribution in [3.05, 3.63) is 58.9 Å². The highest BCUT2D eigenvalue weighted by Crippen LogP contribution is 2.35. The Balaban J connectivity index is 1.69. The van der Waals surface area contributed by atoms with E-state index in [-0.39, 0.29) is 17.8 Å². The van der Waals surface area contributed by atoms with Gasteiger partial charge in [-0.3, -0.25) is 19.1 Å². The Morgan fingerprint density at radius 2 is 1.90 bits per heavy atom. The van der Waals surface area contributed by atoms with Crippen LogP contribution in [-0.2, 0) is 23.1 Å². The van der Waals surface area contributed by atoms with Crippen LogP contribution in [0.4, 0.5) is 0 Å². The van der Waals surface area contributed by atoms with Crippen molar-refractivity contribution in [2.24, 2.45) is 7.05 Å². The van der Waals surface area contributed by atoms with Crippen LogP contribution in [0.1, 0.15) is 31.0 Å². The maximum atomic E-state index is 13.2. The van der Waals surface area contributed by atoms with Gasteiger partial charge < -0.3 is 9.47 Å². The minimum absolute atomic E-state index is 0.00189. The van der Waals surface area contributed by atoms with Crippen molar-refractivity contribution < 1.29 is 9.47 Å². The summed E-state index contributed by atoms with van der Waals surface area (Å²) in [5.41, 5.74) is 5.63. The predicted octanol–water partition coefficient (Wildman–Crippen LogP) is 3.84. The van der Waals surface area contributed by atoms with Gasteiger partial charge in [-0.25, -0.2) is 4.79 Å². The first-order chi connectivity index (χ1) is 15.1. The summed E-state index contributed by atoms with van der Waals surface area (Å²) in [4.78, 5) is 22.3. The van der Waals surface area contributed by atoms with Gasteiger partial charge in [0.2, 0.25) is 0 Å². The third-order valence-corrected chi connectivity index (χ3v) is 6.42. The monoisotopic (exact) mass is 418 g/mol. The predicted molar refractivity (Wildman–Crippen MR) is 120 cm³/mol. The molecule has 3 heterocycles. The average Bonchev–Trinajstić information content (AvgIpc) is 3.37. The number of hydrogen-bond acceptors (Lipinski definition) is 5. The van der Waals surface area contributed by atoms with Gasteiger partial charge in [0, 0.05) is 44.5 Å². The number of hydrogen-bond donors (Lipinski definition) is 0. The number of benzene rings is 1. The Hall–Kier alpha value is -3.03. The lowest BCUT2D eigenvalue weighted by Crippen LogP contribution is -2.25. The molecule has 1 fully saturated rings. The molecular weight excluding hydrogens is 392 g/mol. The number of pyridine rings is 2. The van der Waals surface area contributed by atoms with Crippen LogP contribution in [0.15, 0.2) is 47.5 Å². The molecule has 0 amide bonds. The minimum atomic E-state index is 0.00189. The highest BCUT2D eigenvalue weighted by Gasteiger charge is 2.29. The van der Waals surface area contributed by atoms with Crippen LogP contribution in [0.25, 0.3) is 33.1 Å². The molecule has 0 bridgehead atoms. The van der Waals surface area contributed by atoms with E-state index < -0.39 is 0 Å². The van der Waals surface area contributed by atoms with Crippen molar-refractivity contribution in [3.8, 4) is 11.1 Å². The van der Waals surface area contributed by atoms with E-state index >= 15 is 0 Å². The SMILES string of the molecule is COCc1ccc(-c2ccc3ncc4c(c3c2)n([C@@H]2CC[C@@H](OC)C2)c(=O)n4C)cn1. The zero-order chi connectivity index (χ0) is 21.5. The van der Waals surface area contributed by atoms with Crippen molar-refractivity contribution >= 4 is 21.9 Å². The topological polar surface area (TPSA) is 71.2 Å². The van der Waals surface area contributed by atoms with Crippen LogP contribution in [0.5, 0.6) is 0 Å². The number of fused-ring (bicyclic) bond motifs is 3. The molecule has 2 atom stereocenters. The second-order valence-electron chi connectivity index (χ2n) is 8.23. The Morgan fingerprint density at radius 1 is 1.06 bits per heavy atom. The van der Waals surface area contributed by atoms with E-state index in [0.29, 0.717) is 6.61 Å². The van der Waals surface area contributed by atoms with Gasteiger partial charge in [-0.2, -0.15) is 0 Å². The van der Waals surface area contributed by atoms with Gasteiger partial charge in [0.25, 0.3) is 0 Å². The van der Waals surface area contributed by atoms with Crippen LogP contribution < -0.4 is 5.69 Å². The molecule has 1 saturated carbocycles. The Bertz CT molecular complexity index is 1310. The summed E-state index contributed by atoms with van der Waals surface area (Å²) in [6, 6.07) is 10.3. The number of aromatic nitrogens is 4. The molecule has 4 aromatic rings. The third-order valence-electron chi connectivity index (χ3n) is 6.42. The van der Waals surface area contributed by atoms with Crippen molar-refractivity contribution in [3.63, 3.8) is 0 Å². The number of imidazole rings is 1. The molecule has 31 heavy (non-hydrogen) atoms. The van der Waals surface area contributed by atoms with Crippen molar-refractivity contribution in [1.29, 1.82) is 0 Å². The lowest BCUT2D eigenvalue weighted by molar-refractivity contribution is 0.106. The molecule has 160 valence electrons. The zero-order valence-electron chi connectivity index (χ0n) is 18.0. The fourth-order valence-corrected chi connectivity index (χ4v) is 4.74. The van der Waals surface area contributed by atoms with Gasteiger partial charge in [0.1, 0.15) is 0 Å². The molecule has 0 radical (unpaired) electrons. The molecule has 0 unspecified atom stereocenters. The summed E-state index contributed by atoms with van der Waals surface area (Å²) < 4.78 is 14.4. The van der Waals surface area contributed by atoms with Gasteiger partial charge in [-0.1, -0.05) is 12.1 Å². The second kappa shape index (κ2) is 7.90. The normalized spacial score (nSPS) is 18.9. The summed E-state index contributed by atoms with van der Waals surface area (Å²) in [6.07, 6.45) is 6.63. The summed E-state index contributed by atoms with van der Waals surface area (Å²) in [5.74, 6) is 0. The quantitative estimate of drug-likeness (QED) is 0.493. The first kappa shape index (κ1) is 19.9. The smallest absolute Gasteiger partial charge is 0.329 e. The summed E-state index contributed by atoms with van der Waals surface area (Å²) >= 11 is 0. The van der Waals surface area contributed by atoms with E-state index in [1.54, 1.807) is 25.0 Å². The lowest BCUT2D eigenvalue weighted by Gasteiger charge is -2.14. The molecule has 0 spiro atoms. The van der Waals surface area contributed by atoms with Gasteiger partial charge in [0.05, 0.1) is 41.2 Å². The van der Waals surface area contributed by atoms with E-state index in [0.717, 1.165) is 58.0 Å². The first-order valence-electron chi connectivity index (χ1n) is 10.6. The van der Waals surface area contributed by atoms with Crippen molar-refractivity contribution in [2.75, 3.05) is 14.2 Å². The molecule has 0 aliphatic heterocycles. The molecule has 1 aliphatic carbocycles. The zero-order valence-corrected chi connectivity index (χ0v) is 18.0. The van der Waals surface area contributed by atoms with Crippen LogP contribution in [-0.4, -0.2) is 39.4 Å². The van der Waals surface area contributed by atoms with Gasteiger partial charge in [0.15, 0.2) is 0 Å². The van der Waals surface area contributed by atoms with E-state index in [2.05, 4.69) is 22.1 Å². The maximum absolute atomic E-state index is 13.2. The third kappa shape index (κ3) is 3.34. The average molecular weight is 418 g/mol. The molecule has 0 saturated heterocycles. The summed E-state index contributed by atoms with van der Waals surface area (Å²) in [5, 5.41) is 0.981. The van der Waals surface area contributed by atoms with E-state index in [1.165, 1.54) is 0 Å². The summed E-state index contributed by atoms with van der Waals surface area (Å²) in [6.45, 7) is 0.489. The molecule has 0 N–H and O–H groups in total. The van der Waals surface area contributed by atoms with Crippen molar-refractivity contribution in [2.45, 2.75) is 38.0 Å². The van der Waals surface area contributed by atoms with Gasteiger partial charge >= 0.3 is 5.69 Å². The fourth-order valence-electron chi connectivity index (χ4n) is 4.74. The maximum Gasteiger partial charge on any atom is 0.329 e. The minimum Gasteiger partial charge on any atom is -0.381 e. The van der Waals surface area contributed by atoms with E-state index in [9.17, 15) is 4.79 Å². The van der Waals surface area contributed by atoms with Crippen LogP contribution in [0, 0.1) is 0 Å². The number of rotatable bonds is 5. The largest absolute Gasteiger partial charge is 0.381 e. The molecule has 5 rings (SSSR count). The van der Waals surface area contributed by atoms with E-state index in [1.807, 2.05) is 36.0 Å². The molecule has 1 aromatic carbocycles. The Morgan fingerprint density at radius 3 is 2.61 bits per heavy atom. The Labute approximate surface area is 180 Å². The molecule has 1 aliphatic rings. The van der Waals surface area contributed by atoms with E-state index in [4.69, 9.17) is 9.47 Å². The highest BCUT2D eigenvalue weighted by molar-refractivity contribution is 6.04. The van der Waals surface area contributed by atoms with Crippen LogP contribution in [0.3, 0.4) is 0 Å². The standard InChI is InChI=1S/C24H26N4O3/c1-27-22-13-26-21-9-5-15(16-4-6-17(14-30-2)25-12-16)10-20(21)23(22)28(24(27)29)18-7-8-19(11-18)31-3/h4-6,9-10,12-13,18-19H,7-8,11,14H2,1-3H3/t18-,19-/m1/s1. The van der Waals surface area contributed by atoms with Crippen molar-refractivity contribution in [1.82, 2.24) is 19.1 Å². The number of methoxy groups -OCH3 is 2. The lowest BCUT2D eigenvalue weighted by atomic mass is 10.0. The highest BCUT2D eigenvalue weighted by atomic mass is 16.5. The second-order valence-corrected chi connectivity index (χ2v) is 8.23. The molecule has 7 heteroatoms.